The van der Waals surface area contributed by atoms with Gasteiger partial charge in [-0.25, -0.2) is 0 Å². The molecule has 0 aliphatic carbocycles. The van der Waals surface area contributed by atoms with Crippen molar-refractivity contribution in [3.05, 3.63) is 65.7 Å². The third-order valence-corrected chi connectivity index (χ3v) is 3.46. The highest BCUT2D eigenvalue weighted by Gasteiger charge is 2.22. The van der Waals surface area contributed by atoms with Crippen LogP contribution >= 0.6 is 0 Å². The summed E-state index contributed by atoms with van der Waals surface area (Å²) in [5, 5.41) is 4.21. The second-order valence-electron chi connectivity index (χ2n) is 4.89. The van der Waals surface area contributed by atoms with Crippen LogP contribution in [0, 0.1) is 0 Å². The van der Waals surface area contributed by atoms with Crippen molar-refractivity contribution in [1.29, 1.82) is 0 Å². The van der Waals surface area contributed by atoms with E-state index in [9.17, 15) is 0 Å². The van der Waals surface area contributed by atoms with Crippen molar-refractivity contribution < 1.29 is 9.57 Å². The summed E-state index contributed by atoms with van der Waals surface area (Å²) in [4.78, 5) is 5.54. The Morgan fingerprint density at radius 3 is 2.55 bits per heavy atom. The molecule has 0 amide bonds. The highest BCUT2D eigenvalue weighted by Crippen LogP contribution is 2.21. The van der Waals surface area contributed by atoms with Crippen LogP contribution in [0.25, 0.3) is 0 Å². The number of methoxy groups -OCH3 is 1. The van der Waals surface area contributed by atoms with E-state index >= 15 is 0 Å². The van der Waals surface area contributed by atoms with Crippen molar-refractivity contribution >= 4 is 5.71 Å². The quantitative estimate of drug-likeness (QED) is 0.849. The van der Waals surface area contributed by atoms with Crippen LogP contribution in [0.15, 0.2) is 59.8 Å². The molecule has 3 heteroatoms. The first-order chi connectivity index (χ1) is 9.85. The van der Waals surface area contributed by atoms with E-state index in [2.05, 4.69) is 29.4 Å². The molecule has 3 nitrogen and oxygen atoms in total. The highest BCUT2D eigenvalue weighted by atomic mass is 16.6. The first kappa shape index (κ1) is 12.7. The Labute approximate surface area is 118 Å². The smallest absolute Gasteiger partial charge is 0.137 e. The first-order valence-corrected chi connectivity index (χ1v) is 6.76. The molecule has 1 aliphatic rings. The van der Waals surface area contributed by atoms with Gasteiger partial charge in [-0.3, -0.25) is 0 Å². The predicted molar refractivity (Wildman–Crippen MR) is 79.2 cm³/mol. The number of oxime groups is 1. The van der Waals surface area contributed by atoms with Crippen molar-refractivity contribution in [1.82, 2.24) is 0 Å². The zero-order valence-corrected chi connectivity index (χ0v) is 11.5. The molecule has 0 aromatic heterocycles. The van der Waals surface area contributed by atoms with Crippen LogP contribution in [0.1, 0.15) is 17.5 Å². The van der Waals surface area contributed by atoms with Crippen molar-refractivity contribution in [2.45, 2.75) is 18.9 Å². The van der Waals surface area contributed by atoms with Gasteiger partial charge in [0.05, 0.1) is 12.8 Å². The minimum Gasteiger partial charge on any atom is -0.497 e. The maximum Gasteiger partial charge on any atom is 0.137 e. The van der Waals surface area contributed by atoms with Crippen LogP contribution in [0.3, 0.4) is 0 Å². The van der Waals surface area contributed by atoms with Crippen molar-refractivity contribution in [3.63, 3.8) is 0 Å². The van der Waals surface area contributed by atoms with Gasteiger partial charge in [-0.05, 0) is 23.3 Å². The van der Waals surface area contributed by atoms with Gasteiger partial charge in [0.15, 0.2) is 0 Å². The fourth-order valence-corrected chi connectivity index (χ4v) is 2.36. The molecule has 0 saturated heterocycles. The minimum absolute atomic E-state index is 0.124. The van der Waals surface area contributed by atoms with Gasteiger partial charge in [-0.15, -0.1) is 0 Å². The maximum atomic E-state index is 5.54. The molecule has 0 radical (unpaired) electrons. The van der Waals surface area contributed by atoms with E-state index < -0.39 is 0 Å². The summed E-state index contributed by atoms with van der Waals surface area (Å²) < 4.78 is 5.16. The normalized spacial score (nSPS) is 17.4. The molecule has 102 valence electrons. The SMILES string of the molecule is COc1ccc(CC2CC(c3ccccc3)=NO2)cc1. The molecular weight excluding hydrogens is 250 g/mol. The van der Waals surface area contributed by atoms with E-state index in [1.807, 2.05) is 30.3 Å². The third-order valence-electron chi connectivity index (χ3n) is 3.46. The van der Waals surface area contributed by atoms with Crippen LogP contribution in [0.4, 0.5) is 0 Å². The molecule has 3 rings (SSSR count). The molecule has 1 unspecified atom stereocenters. The lowest BCUT2D eigenvalue weighted by atomic mass is 10.0. The summed E-state index contributed by atoms with van der Waals surface area (Å²) in [6.45, 7) is 0. The van der Waals surface area contributed by atoms with Gasteiger partial charge in [0.1, 0.15) is 11.9 Å². The van der Waals surface area contributed by atoms with Gasteiger partial charge in [-0.1, -0.05) is 47.6 Å². The van der Waals surface area contributed by atoms with Gasteiger partial charge < -0.3 is 9.57 Å². The van der Waals surface area contributed by atoms with E-state index in [0.29, 0.717) is 0 Å². The molecule has 0 fully saturated rings. The number of hydrogen-bond acceptors (Lipinski definition) is 3. The van der Waals surface area contributed by atoms with Crippen molar-refractivity contribution in [3.8, 4) is 5.75 Å². The van der Waals surface area contributed by atoms with Gasteiger partial charge >= 0.3 is 0 Å². The van der Waals surface area contributed by atoms with Gasteiger partial charge in [0.2, 0.25) is 0 Å². The Hall–Kier alpha value is -2.29. The summed E-state index contributed by atoms with van der Waals surface area (Å²) in [6, 6.07) is 18.3. The van der Waals surface area contributed by atoms with E-state index in [1.54, 1.807) is 7.11 Å². The molecule has 1 heterocycles. The summed E-state index contributed by atoms with van der Waals surface area (Å²) in [5.41, 5.74) is 3.41. The predicted octanol–water partition coefficient (Wildman–Crippen LogP) is 3.43. The van der Waals surface area contributed by atoms with Crippen molar-refractivity contribution in [2.24, 2.45) is 5.16 Å². The second kappa shape index (κ2) is 5.78. The molecule has 2 aromatic rings. The van der Waals surface area contributed by atoms with Crippen LogP contribution in [0.5, 0.6) is 5.75 Å². The van der Waals surface area contributed by atoms with Crippen molar-refractivity contribution in [2.75, 3.05) is 7.11 Å². The van der Waals surface area contributed by atoms with Crippen LogP contribution in [0.2, 0.25) is 0 Å². The highest BCUT2D eigenvalue weighted by molar-refractivity contribution is 6.01. The Kier molecular flexibility index (Phi) is 3.68. The molecule has 0 bridgehead atoms. The van der Waals surface area contributed by atoms with Crippen LogP contribution in [-0.4, -0.2) is 18.9 Å². The van der Waals surface area contributed by atoms with Gasteiger partial charge in [0.25, 0.3) is 0 Å². The number of nitrogens with zero attached hydrogens (tertiary/aromatic N) is 1. The average Bonchev–Trinajstić information content (AvgIpc) is 2.97. The number of ether oxygens (including phenoxy) is 1. The molecule has 0 spiro atoms. The lowest BCUT2D eigenvalue weighted by molar-refractivity contribution is 0.0859. The maximum absolute atomic E-state index is 5.54. The molecule has 0 N–H and O–H groups in total. The Bertz CT molecular complexity index is 590. The third kappa shape index (κ3) is 2.82. The summed E-state index contributed by atoms with van der Waals surface area (Å²) in [6.07, 6.45) is 1.85. The van der Waals surface area contributed by atoms with E-state index in [0.717, 1.165) is 29.9 Å². The Morgan fingerprint density at radius 2 is 1.85 bits per heavy atom. The monoisotopic (exact) mass is 267 g/mol. The van der Waals surface area contributed by atoms with E-state index in [4.69, 9.17) is 9.57 Å². The van der Waals surface area contributed by atoms with E-state index in [1.165, 1.54) is 5.56 Å². The molecule has 2 aromatic carbocycles. The van der Waals surface area contributed by atoms with Crippen LogP contribution < -0.4 is 4.74 Å². The summed E-state index contributed by atoms with van der Waals surface area (Å²) in [7, 11) is 1.68. The van der Waals surface area contributed by atoms with Gasteiger partial charge in [0, 0.05) is 12.8 Å². The Morgan fingerprint density at radius 1 is 1.10 bits per heavy atom. The molecule has 1 aliphatic heterocycles. The number of hydrogen-bond donors (Lipinski definition) is 0. The summed E-state index contributed by atoms with van der Waals surface area (Å²) >= 11 is 0. The van der Waals surface area contributed by atoms with Gasteiger partial charge in [-0.2, -0.15) is 0 Å². The topological polar surface area (TPSA) is 30.8 Å². The standard InChI is InChI=1S/C17H17NO2/c1-19-15-9-7-13(8-10-15)11-16-12-17(18-20-16)14-5-3-2-4-6-14/h2-10,16H,11-12H2,1H3. The fraction of sp³-hybridized carbons (Fsp3) is 0.235. The Balaban J connectivity index is 1.61. The molecule has 1 atom stereocenters. The summed E-state index contributed by atoms with van der Waals surface area (Å²) in [5.74, 6) is 0.877. The lowest BCUT2D eigenvalue weighted by Gasteiger charge is -2.08. The van der Waals surface area contributed by atoms with Crippen LogP contribution in [-0.2, 0) is 11.3 Å². The first-order valence-electron chi connectivity index (χ1n) is 6.76. The largest absolute Gasteiger partial charge is 0.497 e. The zero-order chi connectivity index (χ0) is 13.8. The minimum atomic E-state index is 0.124. The molecule has 0 saturated carbocycles. The molecule has 20 heavy (non-hydrogen) atoms. The zero-order valence-electron chi connectivity index (χ0n) is 11.5. The lowest BCUT2D eigenvalue weighted by Crippen LogP contribution is -2.11. The number of benzene rings is 2. The molecular formula is C17H17NO2. The second-order valence-corrected chi connectivity index (χ2v) is 4.89. The average molecular weight is 267 g/mol. The fourth-order valence-electron chi connectivity index (χ4n) is 2.36. The van der Waals surface area contributed by atoms with E-state index in [-0.39, 0.29) is 6.10 Å². The number of rotatable bonds is 4.